The number of likely N-dealkylation sites (tertiary alicyclic amines) is 1. The van der Waals surface area contributed by atoms with E-state index in [1.54, 1.807) is 12.1 Å². The molecule has 4 rings (SSSR count). The van der Waals surface area contributed by atoms with Gasteiger partial charge in [-0.05, 0) is 18.2 Å². The van der Waals surface area contributed by atoms with Crippen LogP contribution in [0.25, 0.3) is 0 Å². The summed E-state index contributed by atoms with van der Waals surface area (Å²) in [6, 6.07) is 9.62. The van der Waals surface area contributed by atoms with Crippen molar-refractivity contribution in [3.8, 4) is 11.5 Å². The smallest absolute Gasteiger partial charge is 0.262 e. The molecule has 2 aromatic carbocycles. The van der Waals surface area contributed by atoms with Gasteiger partial charge in [-0.25, -0.2) is 4.39 Å². The van der Waals surface area contributed by atoms with Crippen molar-refractivity contribution in [3.63, 3.8) is 0 Å². The maximum atomic E-state index is 14.3. The fourth-order valence-corrected chi connectivity index (χ4v) is 3.24. The molecule has 8 heteroatoms. The van der Waals surface area contributed by atoms with Gasteiger partial charge in [0, 0.05) is 25.1 Å². The summed E-state index contributed by atoms with van der Waals surface area (Å²) in [5, 5.41) is 3.11. The summed E-state index contributed by atoms with van der Waals surface area (Å²) in [5.41, 5.74) is 0.208. The average molecular weight is 391 g/mol. The molecule has 2 aliphatic heterocycles. The van der Waals surface area contributed by atoms with Gasteiger partial charge in [-0.1, -0.05) is 23.7 Å². The van der Waals surface area contributed by atoms with Crippen LogP contribution in [0.3, 0.4) is 0 Å². The number of halogens is 2. The first kappa shape index (κ1) is 17.6. The molecule has 140 valence electrons. The number of carbonyl (C=O) groups excluding carboxylic acids is 2. The Labute approximate surface area is 159 Å². The number of carbonyl (C=O) groups is 2. The fraction of sp³-hybridized carbons (Fsp3) is 0.263. The van der Waals surface area contributed by atoms with Gasteiger partial charge in [-0.3, -0.25) is 9.59 Å². The SMILES string of the molecule is O=C1COc2cc(F)c(C(=O)N3CC(COc4ccccc4Cl)C3)cc2N1. The van der Waals surface area contributed by atoms with Crippen molar-refractivity contribution in [2.75, 3.05) is 31.6 Å². The maximum absolute atomic E-state index is 14.3. The summed E-state index contributed by atoms with van der Waals surface area (Å²) in [7, 11) is 0. The van der Waals surface area contributed by atoms with E-state index in [1.165, 1.54) is 11.0 Å². The lowest BCUT2D eigenvalue weighted by atomic mass is 9.99. The lowest BCUT2D eigenvalue weighted by Gasteiger charge is -2.39. The van der Waals surface area contributed by atoms with Crippen LogP contribution in [0.1, 0.15) is 10.4 Å². The monoisotopic (exact) mass is 390 g/mol. The number of hydrogen-bond acceptors (Lipinski definition) is 4. The molecule has 2 aliphatic rings. The number of fused-ring (bicyclic) bond motifs is 1. The molecule has 27 heavy (non-hydrogen) atoms. The highest BCUT2D eigenvalue weighted by molar-refractivity contribution is 6.32. The van der Waals surface area contributed by atoms with Crippen LogP contribution in [0, 0.1) is 11.7 Å². The molecule has 0 saturated carbocycles. The number of rotatable bonds is 4. The van der Waals surface area contributed by atoms with E-state index >= 15 is 0 Å². The second-order valence-corrected chi connectivity index (χ2v) is 6.89. The third-order valence-electron chi connectivity index (χ3n) is 4.49. The molecular formula is C19H16ClFN2O4. The zero-order valence-corrected chi connectivity index (χ0v) is 15.0. The maximum Gasteiger partial charge on any atom is 0.262 e. The number of hydrogen-bond donors (Lipinski definition) is 1. The van der Waals surface area contributed by atoms with E-state index in [0.717, 1.165) is 6.07 Å². The predicted octanol–water partition coefficient (Wildman–Crippen LogP) is 2.96. The van der Waals surface area contributed by atoms with E-state index in [9.17, 15) is 14.0 Å². The van der Waals surface area contributed by atoms with E-state index in [1.807, 2.05) is 12.1 Å². The number of amides is 2. The van der Waals surface area contributed by atoms with Gasteiger partial charge in [-0.15, -0.1) is 0 Å². The molecule has 0 spiro atoms. The molecule has 0 radical (unpaired) electrons. The molecule has 1 N–H and O–H groups in total. The van der Waals surface area contributed by atoms with Crippen molar-refractivity contribution in [1.29, 1.82) is 0 Å². The lowest BCUT2D eigenvalue weighted by Crippen LogP contribution is -2.52. The highest BCUT2D eigenvalue weighted by Crippen LogP contribution is 2.32. The minimum absolute atomic E-state index is 0.0926. The van der Waals surface area contributed by atoms with Gasteiger partial charge in [0.15, 0.2) is 6.61 Å². The van der Waals surface area contributed by atoms with Crippen LogP contribution in [0.5, 0.6) is 11.5 Å². The first-order valence-electron chi connectivity index (χ1n) is 8.44. The first-order valence-corrected chi connectivity index (χ1v) is 8.82. The molecule has 2 amide bonds. The fourth-order valence-electron chi connectivity index (χ4n) is 3.05. The van der Waals surface area contributed by atoms with E-state index < -0.39 is 11.7 Å². The summed E-state index contributed by atoms with van der Waals surface area (Å²) in [5.74, 6) is -0.476. The van der Waals surface area contributed by atoms with Crippen LogP contribution in [-0.2, 0) is 4.79 Å². The van der Waals surface area contributed by atoms with Crippen LogP contribution < -0.4 is 14.8 Å². The van der Waals surface area contributed by atoms with Gasteiger partial charge in [0.2, 0.25) is 0 Å². The summed E-state index contributed by atoms with van der Waals surface area (Å²) in [6.45, 7) is 1.17. The standard InChI is InChI=1S/C19H16ClFN2O4/c20-13-3-1-2-4-16(13)26-9-11-7-23(8-11)19(25)12-5-15-17(6-14(12)21)27-10-18(24)22-15/h1-6,11H,7-10H2,(H,22,24). The number of benzene rings is 2. The zero-order chi connectivity index (χ0) is 19.0. The molecular weight excluding hydrogens is 375 g/mol. The molecule has 1 saturated heterocycles. The van der Waals surface area contributed by atoms with Gasteiger partial charge in [0.25, 0.3) is 11.8 Å². The molecule has 0 aromatic heterocycles. The van der Waals surface area contributed by atoms with Gasteiger partial charge >= 0.3 is 0 Å². The van der Waals surface area contributed by atoms with Crippen LogP contribution in [0.4, 0.5) is 10.1 Å². The number of nitrogens with zero attached hydrogens (tertiary/aromatic N) is 1. The Morgan fingerprint density at radius 1 is 1.33 bits per heavy atom. The van der Waals surface area contributed by atoms with E-state index in [2.05, 4.69) is 5.32 Å². The van der Waals surface area contributed by atoms with Crippen LogP contribution >= 0.6 is 11.6 Å². The number of para-hydroxylation sites is 1. The predicted molar refractivity (Wildman–Crippen MR) is 96.9 cm³/mol. The Kier molecular flexibility index (Phi) is 4.61. The second-order valence-electron chi connectivity index (χ2n) is 6.48. The van der Waals surface area contributed by atoms with Crippen molar-refractivity contribution < 1.29 is 23.5 Å². The Hall–Kier alpha value is -2.80. The van der Waals surface area contributed by atoms with Crippen LogP contribution in [0.15, 0.2) is 36.4 Å². The van der Waals surface area contributed by atoms with Crippen LogP contribution in [0.2, 0.25) is 5.02 Å². The number of nitrogens with one attached hydrogen (secondary N) is 1. The first-order chi connectivity index (χ1) is 13.0. The number of ether oxygens (including phenoxy) is 2. The Balaban J connectivity index is 1.37. The summed E-state index contributed by atoms with van der Waals surface area (Å²) >= 11 is 6.04. The highest BCUT2D eigenvalue weighted by Gasteiger charge is 2.34. The molecule has 1 fully saturated rings. The van der Waals surface area contributed by atoms with E-state index in [0.29, 0.717) is 36.2 Å². The van der Waals surface area contributed by atoms with Gasteiger partial charge < -0.3 is 19.7 Å². The summed E-state index contributed by atoms with van der Waals surface area (Å²) < 4.78 is 25.1. The largest absolute Gasteiger partial charge is 0.492 e. The lowest BCUT2D eigenvalue weighted by molar-refractivity contribution is -0.118. The topological polar surface area (TPSA) is 67.9 Å². The Morgan fingerprint density at radius 2 is 2.11 bits per heavy atom. The van der Waals surface area contributed by atoms with Crippen LogP contribution in [-0.4, -0.2) is 43.0 Å². The molecule has 0 bridgehead atoms. The summed E-state index contributed by atoms with van der Waals surface area (Å²) in [4.78, 5) is 25.5. The molecule has 0 atom stereocenters. The third-order valence-corrected chi connectivity index (χ3v) is 4.80. The quantitative estimate of drug-likeness (QED) is 0.871. The normalized spacial score (nSPS) is 16.1. The third kappa shape index (κ3) is 3.55. The van der Waals surface area contributed by atoms with Crippen molar-refractivity contribution in [1.82, 2.24) is 4.90 Å². The molecule has 0 unspecified atom stereocenters. The molecule has 6 nitrogen and oxygen atoms in total. The minimum atomic E-state index is -0.675. The second kappa shape index (κ2) is 7.08. The van der Waals surface area contributed by atoms with E-state index in [4.69, 9.17) is 21.1 Å². The van der Waals surface area contributed by atoms with Gasteiger partial charge in [0.05, 0.1) is 22.9 Å². The zero-order valence-electron chi connectivity index (χ0n) is 14.2. The minimum Gasteiger partial charge on any atom is -0.492 e. The van der Waals surface area contributed by atoms with Crippen molar-refractivity contribution in [2.24, 2.45) is 5.92 Å². The molecule has 0 aliphatic carbocycles. The average Bonchev–Trinajstić information content (AvgIpc) is 2.61. The molecule has 2 aromatic rings. The van der Waals surface area contributed by atoms with Gasteiger partial charge in [-0.2, -0.15) is 0 Å². The van der Waals surface area contributed by atoms with Gasteiger partial charge in [0.1, 0.15) is 17.3 Å². The highest BCUT2D eigenvalue weighted by atomic mass is 35.5. The number of anilines is 1. The van der Waals surface area contributed by atoms with Crippen molar-refractivity contribution >= 4 is 29.1 Å². The summed E-state index contributed by atoms with van der Waals surface area (Å²) in [6.07, 6.45) is 0. The van der Waals surface area contributed by atoms with E-state index in [-0.39, 0.29) is 29.7 Å². The Bertz CT molecular complexity index is 915. The van der Waals surface area contributed by atoms with Crippen molar-refractivity contribution in [2.45, 2.75) is 0 Å². The van der Waals surface area contributed by atoms with Crippen molar-refractivity contribution in [3.05, 3.63) is 52.8 Å². The Morgan fingerprint density at radius 3 is 2.89 bits per heavy atom. The molecule has 2 heterocycles.